The van der Waals surface area contributed by atoms with Crippen molar-refractivity contribution in [1.82, 2.24) is 15.5 Å². The second kappa shape index (κ2) is 8.80. The van der Waals surface area contributed by atoms with Gasteiger partial charge in [-0.3, -0.25) is 4.79 Å². The lowest BCUT2D eigenvalue weighted by atomic mass is 9.98. The number of aryl methyl sites for hydroxylation is 2. The van der Waals surface area contributed by atoms with Crippen LogP contribution in [0.15, 0.2) is 27.4 Å². The molecule has 2 heterocycles. The van der Waals surface area contributed by atoms with Crippen molar-refractivity contribution in [2.24, 2.45) is 5.92 Å². The Morgan fingerprint density at radius 1 is 1.38 bits per heavy atom. The molecular weight excluding hydrogens is 364 g/mol. The molecule has 8 heteroatoms. The molecule has 0 aliphatic carbocycles. The van der Waals surface area contributed by atoms with E-state index >= 15 is 0 Å². The molecule has 0 spiro atoms. The number of nitrogens with one attached hydrogen (secondary N) is 2. The summed E-state index contributed by atoms with van der Waals surface area (Å²) in [5, 5.41) is 15.5. The van der Waals surface area contributed by atoms with Crippen LogP contribution in [-0.2, 0) is 4.79 Å². The summed E-state index contributed by atoms with van der Waals surface area (Å²) in [6.07, 6.45) is 2.02. The topological polar surface area (TPSA) is 66.9 Å². The maximum Gasteiger partial charge on any atom is 0.228 e. The number of benzene rings is 1. The maximum absolute atomic E-state index is 12.3. The van der Waals surface area contributed by atoms with Crippen LogP contribution in [0.1, 0.15) is 23.4 Å². The number of carbonyl (C=O) groups excluding carboxylic acids is 1. The van der Waals surface area contributed by atoms with E-state index in [4.69, 9.17) is 0 Å². The average Bonchev–Trinajstić information content (AvgIpc) is 2.96. The highest BCUT2D eigenvalue weighted by atomic mass is 35.5. The van der Waals surface area contributed by atoms with Crippen molar-refractivity contribution in [3.05, 3.63) is 28.8 Å². The van der Waals surface area contributed by atoms with Crippen LogP contribution in [0.3, 0.4) is 0 Å². The minimum absolute atomic E-state index is 0. The van der Waals surface area contributed by atoms with Crippen LogP contribution in [0, 0.1) is 19.8 Å². The molecule has 2 N–H and O–H groups in total. The predicted octanol–water partition coefficient (Wildman–Crippen LogP) is 3.67. The molecule has 2 aromatic rings. The van der Waals surface area contributed by atoms with Gasteiger partial charge in [0.1, 0.15) is 5.01 Å². The van der Waals surface area contributed by atoms with Crippen LogP contribution < -0.4 is 10.6 Å². The summed E-state index contributed by atoms with van der Waals surface area (Å²) in [4.78, 5) is 13.4. The minimum atomic E-state index is 0. The van der Waals surface area contributed by atoms with Crippen LogP contribution >= 0.6 is 35.5 Å². The van der Waals surface area contributed by atoms with Crippen molar-refractivity contribution in [3.63, 3.8) is 0 Å². The van der Waals surface area contributed by atoms with E-state index in [1.807, 2.05) is 26.0 Å². The lowest BCUT2D eigenvalue weighted by Crippen LogP contribution is -2.37. The van der Waals surface area contributed by atoms with Crippen molar-refractivity contribution < 1.29 is 4.79 Å². The SMILES string of the molecule is Cc1nnc(Sc2ccc(NC(=O)C3CCCNC3)c(C)c2)s1.Cl. The smallest absolute Gasteiger partial charge is 0.228 e. The quantitative estimate of drug-likeness (QED) is 0.841. The van der Waals surface area contributed by atoms with Gasteiger partial charge in [-0.1, -0.05) is 23.1 Å². The molecule has 1 aliphatic heterocycles. The third-order valence-corrected chi connectivity index (χ3v) is 5.72. The van der Waals surface area contributed by atoms with E-state index in [1.165, 1.54) is 0 Å². The number of nitrogens with zero attached hydrogens (tertiary/aromatic N) is 2. The molecule has 1 saturated heterocycles. The Morgan fingerprint density at radius 3 is 2.83 bits per heavy atom. The van der Waals surface area contributed by atoms with Crippen molar-refractivity contribution in [1.29, 1.82) is 0 Å². The molecule has 5 nitrogen and oxygen atoms in total. The van der Waals surface area contributed by atoms with E-state index in [-0.39, 0.29) is 24.2 Å². The fourth-order valence-corrected chi connectivity index (χ4v) is 4.46. The van der Waals surface area contributed by atoms with Crippen LogP contribution in [0.25, 0.3) is 0 Å². The molecule has 1 aliphatic rings. The second-order valence-electron chi connectivity index (χ2n) is 5.70. The summed E-state index contributed by atoms with van der Waals surface area (Å²) in [7, 11) is 0. The van der Waals surface area contributed by atoms with Gasteiger partial charge in [0.25, 0.3) is 0 Å². The normalized spacial score (nSPS) is 17.2. The van der Waals surface area contributed by atoms with Gasteiger partial charge >= 0.3 is 0 Å². The summed E-state index contributed by atoms with van der Waals surface area (Å²) in [6.45, 7) is 5.75. The van der Waals surface area contributed by atoms with Gasteiger partial charge in [-0.2, -0.15) is 0 Å². The zero-order valence-corrected chi connectivity index (χ0v) is 16.1. The van der Waals surface area contributed by atoms with Gasteiger partial charge < -0.3 is 10.6 Å². The Hall–Kier alpha value is -1.15. The Morgan fingerprint density at radius 2 is 2.21 bits per heavy atom. The van der Waals surface area contributed by atoms with E-state index in [9.17, 15) is 4.79 Å². The van der Waals surface area contributed by atoms with E-state index in [0.29, 0.717) is 0 Å². The zero-order valence-electron chi connectivity index (χ0n) is 13.7. The fourth-order valence-electron chi connectivity index (χ4n) is 2.57. The molecular formula is C16H21ClN4OS2. The van der Waals surface area contributed by atoms with Gasteiger partial charge in [0.15, 0.2) is 4.34 Å². The van der Waals surface area contributed by atoms with Crippen LogP contribution in [-0.4, -0.2) is 29.2 Å². The molecule has 1 atom stereocenters. The monoisotopic (exact) mass is 384 g/mol. The summed E-state index contributed by atoms with van der Waals surface area (Å²) in [5.74, 6) is 0.182. The Balaban J connectivity index is 0.00000208. The number of aromatic nitrogens is 2. The highest BCUT2D eigenvalue weighted by Gasteiger charge is 2.21. The molecule has 1 unspecified atom stereocenters. The molecule has 0 radical (unpaired) electrons. The molecule has 24 heavy (non-hydrogen) atoms. The minimum Gasteiger partial charge on any atom is -0.326 e. The third-order valence-electron chi connectivity index (χ3n) is 3.84. The van der Waals surface area contributed by atoms with Gasteiger partial charge in [0, 0.05) is 17.1 Å². The lowest BCUT2D eigenvalue weighted by Gasteiger charge is -2.22. The highest BCUT2D eigenvalue weighted by molar-refractivity contribution is 8.01. The van der Waals surface area contributed by atoms with Crippen molar-refractivity contribution in [3.8, 4) is 0 Å². The average molecular weight is 385 g/mol. The van der Waals surface area contributed by atoms with E-state index in [1.54, 1.807) is 23.1 Å². The number of halogens is 1. The Kier molecular flexibility index (Phi) is 7.03. The van der Waals surface area contributed by atoms with E-state index < -0.39 is 0 Å². The van der Waals surface area contributed by atoms with Crippen LogP contribution in [0.5, 0.6) is 0 Å². The molecule has 1 amide bonds. The largest absolute Gasteiger partial charge is 0.326 e. The number of anilines is 1. The number of rotatable bonds is 4. The summed E-state index contributed by atoms with van der Waals surface area (Å²) in [5.41, 5.74) is 1.95. The molecule has 1 fully saturated rings. The van der Waals surface area contributed by atoms with Gasteiger partial charge in [-0.15, -0.1) is 22.6 Å². The van der Waals surface area contributed by atoms with Crippen molar-refractivity contribution in [2.45, 2.75) is 35.9 Å². The molecule has 130 valence electrons. The zero-order chi connectivity index (χ0) is 16.2. The van der Waals surface area contributed by atoms with Crippen molar-refractivity contribution >= 4 is 47.1 Å². The Bertz CT molecular complexity index is 701. The molecule has 0 bridgehead atoms. The number of carbonyl (C=O) groups is 1. The molecule has 1 aromatic carbocycles. The first-order chi connectivity index (χ1) is 11.1. The van der Waals surface area contributed by atoms with Gasteiger partial charge in [0.05, 0.1) is 5.92 Å². The van der Waals surface area contributed by atoms with E-state index in [2.05, 4.69) is 26.9 Å². The van der Waals surface area contributed by atoms with Crippen molar-refractivity contribution in [2.75, 3.05) is 18.4 Å². The Labute approximate surface area is 156 Å². The number of piperidine rings is 1. The first kappa shape index (κ1) is 19.2. The van der Waals surface area contributed by atoms with Gasteiger partial charge in [-0.05, 0) is 57.0 Å². The molecule has 1 aromatic heterocycles. The first-order valence-corrected chi connectivity index (χ1v) is 9.35. The van der Waals surface area contributed by atoms with Crippen LogP contribution in [0.4, 0.5) is 5.69 Å². The summed E-state index contributed by atoms with van der Waals surface area (Å²) < 4.78 is 0.937. The predicted molar refractivity (Wildman–Crippen MR) is 101 cm³/mol. The van der Waals surface area contributed by atoms with Crippen LogP contribution in [0.2, 0.25) is 0 Å². The lowest BCUT2D eigenvalue weighted by molar-refractivity contribution is -0.120. The third kappa shape index (κ3) is 4.92. The van der Waals surface area contributed by atoms with E-state index in [0.717, 1.165) is 51.4 Å². The van der Waals surface area contributed by atoms with Gasteiger partial charge in [0.2, 0.25) is 5.91 Å². The second-order valence-corrected chi connectivity index (χ2v) is 8.20. The number of hydrogen-bond acceptors (Lipinski definition) is 6. The molecule has 0 saturated carbocycles. The maximum atomic E-state index is 12.3. The fraction of sp³-hybridized carbons (Fsp3) is 0.438. The number of amides is 1. The summed E-state index contributed by atoms with van der Waals surface area (Å²) >= 11 is 3.19. The highest BCUT2D eigenvalue weighted by Crippen LogP contribution is 2.32. The van der Waals surface area contributed by atoms with Gasteiger partial charge in [-0.25, -0.2) is 0 Å². The summed E-state index contributed by atoms with van der Waals surface area (Å²) in [6, 6.07) is 6.07. The first-order valence-electron chi connectivity index (χ1n) is 7.72. The number of hydrogen-bond donors (Lipinski definition) is 2. The standard InChI is InChI=1S/C16H20N4OS2.ClH/c1-10-8-13(23-16-20-19-11(2)22-16)5-6-14(10)18-15(21)12-4-3-7-17-9-12;/h5-6,8,12,17H,3-4,7,9H2,1-2H3,(H,18,21);1H. The molecule has 3 rings (SSSR count).